The van der Waals surface area contributed by atoms with Crippen molar-refractivity contribution >= 4 is 39.9 Å². The predicted molar refractivity (Wildman–Crippen MR) is 80.8 cm³/mol. The molecule has 0 aliphatic carbocycles. The number of thiazole rings is 1. The van der Waals surface area contributed by atoms with Gasteiger partial charge in [0, 0.05) is 5.02 Å². The van der Waals surface area contributed by atoms with E-state index < -0.39 is 12.0 Å². The van der Waals surface area contributed by atoms with Crippen LogP contribution in [-0.4, -0.2) is 22.9 Å². The lowest BCUT2D eigenvalue weighted by atomic mass is 10.3. The molecule has 21 heavy (non-hydrogen) atoms. The van der Waals surface area contributed by atoms with Gasteiger partial charge >= 0.3 is 0 Å². The fourth-order valence-corrected chi connectivity index (χ4v) is 2.30. The summed E-state index contributed by atoms with van der Waals surface area (Å²) in [6, 6.07) is 6.74. The first-order valence-electron chi connectivity index (χ1n) is 5.94. The molecule has 0 spiro atoms. The molecule has 0 bridgehead atoms. The summed E-state index contributed by atoms with van der Waals surface area (Å²) in [5.41, 5.74) is 5.12. The van der Waals surface area contributed by atoms with Crippen molar-refractivity contribution in [1.82, 2.24) is 4.98 Å². The molecule has 0 aliphatic rings. The van der Waals surface area contributed by atoms with Crippen molar-refractivity contribution in [2.24, 2.45) is 5.73 Å². The van der Waals surface area contributed by atoms with E-state index in [1.54, 1.807) is 31.2 Å². The maximum Gasteiger partial charge on any atom is 0.266 e. The first kappa shape index (κ1) is 15.3. The minimum absolute atomic E-state index is 0.272. The van der Waals surface area contributed by atoms with E-state index >= 15 is 0 Å². The van der Waals surface area contributed by atoms with Crippen molar-refractivity contribution in [2.75, 3.05) is 5.32 Å². The number of carbonyl (C=O) groups excluding carboxylic acids is 2. The molecule has 0 fully saturated rings. The van der Waals surface area contributed by atoms with E-state index in [9.17, 15) is 9.59 Å². The van der Waals surface area contributed by atoms with Gasteiger partial charge in [0.15, 0.2) is 11.2 Å². The van der Waals surface area contributed by atoms with Gasteiger partial charge in [-0.1, -0.05) is 29.0 Å². The second-order valence-electron chi connectivity index (χ2n) is 4.10. The molecule has 6 nitrogen and oxygen atoms in total. The molecule has 0 radical (unpaired) electrons. The Morgan fingerprint density at radius 2 is 2.24 bits per heavy atom. The van der Waals surface area contributed by atoms with E-state index in [2.05, 4.69) is 10.3 Å². The topological polar surface area (TPSA) is 94.3 Å². The van der Waals surface area contributed by atoms with Gasteiger partial charge in [-0.3, -0.25) is 14.9 Å². The second-order valence-corrected chi connectivity index (χ2v) is 5.57. The molecule has 2 aromatic rings. The van der Waals surface area contributed by atoms with Crippen LogP contribution in [0.3, 0.4) is 0 Å². The fraction of sp³-hybridized carbons (Fsp3) is 0.154. The van der Waals surface area contributed by atoms with E-state index in [4.69, 9.17) is 22.1 Å². The van der Waals surface area contributed by atoms with Crippen molar-refractivity contribution in [3.63, 3.8) is 0 Å². The lowest BCUT2D eigenvalue weighted by Gasteiger charge is -2.13. The average molecular weight is 326 g/mol. The highest BCUT2D eigenvalue weighted by Crippen LogP contribution is 2.20. The summed E-state index contributed by atoms with van der Waals surface area (Å²) in [6.45, 7) is 1.60. The van der Waals surface area contributed by atoms with E-state index in [1.807, 2.05) is 0 Å². The van der Waals surface area contributed by atoms with E-state index in [-0.39, 0.29) is 15.9 Å². The summed E-state index contributed by atoms with van der Waals surface area (Å²) in [6.07, 6.45) is 0.565. The Balaban J connectivity index is 1.97. The van der Waals surface area contributed by atoms with Gasteiger partial charge in [0.05, 0.1) is 6.20 Å². The van der Waals surface area contributed by atoms with Gasteiger partial charge in [-0.25, -0.2) is 4.98 Å². The van der Waals surface area contributed by atoms with Gasteiger partial charge < -0.3 is 10.5 Å². The van der Waals surface area contributed by atoms with Gasteiger partial charge in [-0.05, 0) is 25.1 Å². The number of carbonyl (C=O) groups is 2. The average Bonchev–Trinajstić information content (AvgIpc) is 2.87. The van der Waals surface area contributed by atoms with Gasteiger partial charge in [0.2, 0.25) is 0 Å². The molecule has 8 heteroatoms. The largest absolute Gasteiger partial charge is 0.481 e. The van der Waals surface area contributed by atoms with Crippen LogP contribution < -0.4 is 15.8 Å². The number of aromatic nitrogens is 1. The van der Waals surface area contributed by atoms with Crippen LogP contribution in [0.15, 0.2) is 30.5 Å². The molecule has 1 heterocycles. The van der Waals surface area contributed by atoms with Crippen LogP contribution >= 0.6 is 22.9 Å². The monoisotopic (exact) mass is 325 g/mol. The molecule has 1 aromatic heterocycles. The quantitative estimate of drug-likeness (QED) is 0.881. The third-order valence-electron chi connectivity index (χ3n) is 2.46. The summed E-state index contributed by atoms with van der Waals surface area (Å²) in [7, 11) is 0. The summed E-state index contributed by atoms with van der Waals surface area (Å²) in [4.78, 5) is 27.1. The third-order valence-corrected chi connectivity index (χ3v) is 3.62. The number of benzene rings is 1. The first-order chi connectivity index (χ1) is 9.95. The Bertz CT molecular complexity index is 674. The highest BCUT2D eigenvalue weighted by molar-refractivity contribution is 7.17. The molecule has 1 unspecified atom stereocenters. The predicted octanol–water partition coefficient (Wildman–Crippen LogP) is 2.30. The van der Waals surface area contributed by atoms with Crippen molar-refractivity contribution < 1.29 is 14.3 Å². The lowest BCUT2D eigenvalue weighted by Crippen LogP contribution is -2.30. The third kappa shape index (κ3) is 4.17. The maximum absolute atomic E-state index is 12.0. The smallest absolute Gasteiger partial charge is 0.266 e. The van der Waals surface area contributed by atoms with Crippen molar-refractivity contribution in [2.45, 2.75) is 13.0 Å². The number of nitrogens with one attached hydrogen (secondary N) is 1. The highest BCUT2D eigenvalue weighted by Gasteiger charge is 2.17. The van der Waals surface area contributed by atoms with Crippen LogP contribution in [0.5, 0.6) is 5.75 Å². The van der Waals surface area contributed by atoms with E-state index in [0.717, 1.165) is 11.3 Å². The van der Waals surface area contributed by atoms with Crippen LogP contribution in [0.4, 0.5) is 5.13 Å². The molecule has 3 N–H and O–H groups in total. The maximum atomic E-state index is 12.0. The van der Waals surface area contributed by atoms with Gasteiger partial charge in [-0.15, -0.1) is 0 Å². The lowest BCUT2D eigenvalue weighted by molar-refractivity contribution is -0.122. The Hall–Kier alpha value is -2.12. The molecule has 1 atom stereocenters. The van der Waals surface area contributed by atoms with Crippen LogP contribution in [0, 0.1) is 0 Å². The first-order valence-corrected chi connectivity index (χ1v) is 7.14. The van der Waals surface area contributed by atoms with Crippen molar-refractivity contribution in [1.29, 1.82) is 0 Å². The van der Waals surface area contributed by atoms with Crippen molar-refractivity contribution in [3.05, 3.63) is 40.4 Å². The number of anilines is 1. The molecule has 0 saturated carbocycles. The minimum Gasteiger partial charge on any atom is -0.481 e. The number of hydrogen-bond acceptors (Lipinski definition) is 5. The minimum atomic E-state index is -0.746. The molecule has 0 saturated heterocycles. The summed E-state index contributed by atoms with van der Waals surface area (Å²) in [5, 5.41) is 3.36. The standard InChI is InChI=1S/C13H12ClN3O3S/c1-7(20-9-4-2-3-8(14)5-9)12(19)17-13-16-6-10(21-13)11(15)18/h2-7H,1H3,(H2,15,18)(H,16,17,19). The van der Waals surface area contributed by atoms with E-state index in [1.165, 1.54) is 6.20 Å². The molecular weight excluding hydrogens is 314 g/mol. The fourth-order valence-electron chi connectivity index (χ4n) is 1.45. The molecule has 110 valence electrons. The Morgan fingerprint density at radius 3 is 2.86 bits per heavy atom. The zero-order valence-corrected chi connectivity index (χ0v) is 12.6. The molecule has 0 aliphatic heterocycles. The number of rotatable bonds is 5. The van der Waals surface area contributed by atoms with Gasteiger partial charge in [-0.2, -0.15) is 0 Å². The molecule has 1 aromatic carbocycles. The molecule has 2 amide bonds. The molecular formula is C13H12ClN3O3S. The van der Waals surface area contributed by atoms with Crippen LogP contribution in [-0.2, 0) is 4.79 Å². The zero-order valence-electron chi connectivity index (χ0n) is 11.0. The number of primary amides is 1. The van der Waals surface area contributed by atoms with Gasteiger partial charge in [0.1, 0.15) is 10.6 Å². The summed E-state index contributed by atoms with van der Waals surface area (Å²) < 4.78 is 5.47. The second kappa shape index (κ2) is 6.55. The van der Waals surface area contributed by atoms with Crippen LogP contribution in [0.25, 0.3) is 0 Å². The van der Waals surface area contributed by atoms with E-state index in [0.29, 0.717) is 10.8 Å². The summed E-state index contributed by atoms with van der Waals surface area (Å²) >= 11 is 6.84. The Labute approximate surface area is 129 Å². The van der Waals surface area contributed by atoms with Crippen LogP contribution in [0.2, 0.25) is 5.02 Å². The normalized spacial score (nSPS) is 11.7. The SMILES string of the molecule is CC(Oc1cccc(Cl)c1)C(=O)Nc1ncc(C(N)=O)s1. The number of ether oxygens (including phenoxy) is 1. The number of amides is 2. The number of halogens is 1. The van der Waals surface area contributed by atoms with Crippen LogP contribution in [0.1, 0.15) is 16.6 Å². The number of nitrogens with two attached hydrogens (primary N) is 1. The summed E-state index contributed by atoms with van der Waals surface area (Å²) in [5.74, 6) is -0.487. The zero-order chi connectivity index (χ0) is 15.4. The highest BCUT2D eigenvalue weighted by atomic mass is 35.5. The number of nitrogens with zero attached hydrogens (tertiary/aromatic N) is 1. The van der Waals surface area contributed by atoms with Crippen molar-refractivity contribution in [3.8, 4) is 5.75 Å². The Morgan fingerprint density at radius 1 is 1.48 bits per heavy atom. The van der Waals surface area contributed by atoms with Gasteiger partial charge in [0.25, 0.3) is 11.8 Å². The number of hydrogen-bond donors (Lipinski definition) is 2. The Kier molecular flexibility index (Phi) is 4.77. The molecule has 2 rings (SSSR count).